The molecule has 2 aliphatic heterocycles. The van der Waals surface area contributed by atoms with Crippen molar-refractivity contribution >= 4 is 41.1 Å². The first-order chi connectivity index (χ1) is 12.6. The van der Waals surface area contributed by atoms with Crippen LogP contribution in [0.3, 0.4) is 0 Å². The summed E-state index contributed by atoms with van der Waals surface area (Å²) in [6, 6.07) is 14.4. The van der Waals surface area contributed by atoms with Crippen LogP contribution in [0.2, 0.25) is 5.02 Å². The van der Waals surface area contributed by atoms with Crippen molar-refractivity contribution in [1.29, 1.82) is 0 Å². The van der Waals surface area contributed by atoms with Gasteiger partial charge in [-0.3, -0.25) is 4.79 Å². The van der Waals surface area contributed by atoms with Crippen LogP contribution in [0.15, 0.2) is 59.2 Å². The molecule has 0 aliphatic carbocycles. The smallest absolute Gasteiger partial charge is 0.363 e. The first-order valence-electron chi connectivity index (χ1n) is 8.29. The normalized spacial score (nSPS) is 18.4. The molecule has 5 nitrogen and oxygen atoms in total. The highest BCUT2D eigenvalue weighted by atomic mass is 35.5. The van der Waals surface area contributed by atoms with Crippen molar-refractivity contribution in [3.63, 3.8) is 0 Å². The van der Waals surface area contributed by atoms with Crippen molar-refractivity contribution < 1.29 is 14.3 Å². The molecule has 2 aromatic carbocycles. The largest absolute Gasteiger partial charge is 0.402 e. The Hall–Kier alpha value is -2.92. The maximum Gasteiger partial charge on any atom is 0.363 e. The third kappa shape index (κ3) is 3.26. The molecule has 1 saturated heterocycles. The standard InChI is InChI=1S/C20H15ClN2O3/c21-15-7-3-13(4-8-15)12-17-20(25)26-19(22-17)14-5-9-16(10-6-14)23-11-1-2-18(23)24/h3-10,12H,1-2,11H2. The Morgan fingerprint density at radius 1 is 1.04 bits per heavy atom. The Morgan fingerprint density at radius 2 is 1.77 bits per heavy atom. The second kappa shape index (κ2) is 6.77. The Morgan fingerprint density at radius 3 is 2.42 bits per heavy atom. The van der Waals surface area contributed by atoms with Gasteiger partial charge in [0.15, 0.2) is 5.70 Å². The number of carbonyl (C=O) groups excluding carboxylic acids is 2. The van der Waals surface area contributed by atoms with Gasteiger partial charge in [-0.15, -0.1) is 0 Å². The number of hydrogen-bond donors (Lipinski definition) is 0. The van der Waals surface area contributed by atoms with E-state index in [2.05, 4.69) is 4.99 Å². The van der Waals surface area contributed by atoms with Gasteiger partial charge in [-0.1, -0.05) is 23.7 Å². The third-order valence-electron chi connectivity index (χ3n) is 4.29. The van der Waals surface area contributed by atoms with Crippen LogP contribution in [-0.2, 0) is 14.3 Å². The molecule has 1 amide bonds. The Balaban J connectivity index is 1.57. The van der Waals surface area contributed by atoms with Gasteiger partial charge < -0.3 is 9.64 Å². The number of halogens is 1. The molecule has 2 aliphatic rings. The molecule has 6 heteroatoms. The van der Waals surface area contributed by atoms with E-state index in [-0.39, 0.29) is 17.5 Å². The van der Waals surface area contributed by atoms with E-state index in [1.807, 2.05) is 12.1 Å². The van der Waals surface area contributed by atoms with E-state index in [1.165, 1.54) is 0 Å². The van der Waals surface area contributed by atoms with E-state index in [4.69, 9.17) is 16.3 Å². The average Bonchev–Trinajstić information content (AvgIpc) is 3.23. The number of aliphatic imine (C=N–C) groups is 1. The van der Waals surface area contributed by atoms with Crippen LogP contribution in [0, 0.1) is 0 Å². The second-order valence-electron chi connectivity index (χ2n) is 6.08. The lowest BCUT2D eigenvalue weighted by Gasteiger charge is -2.15. The van der Waals surface area contributed by atoms with Crippen LogP contribution in [0.5, 0.6) is 0 Å². The summed E-state index contributed by atoms with van der Waals surface area (Å²) in [7, 11) is 0. The number of carbonyl (C=O) groups is 2. The summed E-state index contributed by atoms with van der Waals surface area (Å²) in [6.45, 7) is 0.738. The van der Waals surface area contributed by atoms with E-state index in [0.29, 0.717) is 17.0 Å². The molecular weight excluding hydrogens is 352 g/mol. The molecule has 0 bridgehead atoms. The van der Waals surface area contributed by atoms with Gasteiger partial charge in [0, 0.05) is 29.2 Å². The number of esters is 1. The quantitative estimate of drug-likeness (QED) is 0.613. The fraction of sp³-hybridized carbons (Fsp3) is 0.150. The van der Waals surface area contributed by atoms with Gasteiger partial charge in [-0.05, 0) is 54.5 Å². The van der Waals surface area contributed by atoms with E-state index in [1.54, 1.807) is 47.4 Å². The zero-order chi connectivity index (χ0) is 18.1. The molecule has 0 spiro atoms. The van der Waals surface area contributed by atoms with Gasteiger partial charge in [0.05, 0.1) is 0 Å². The summed E-state index contributed by atoms with van der Waals surface area (Å²) >= 11 is 5.86. The summed E-state index contributed by atoms with van der Waals surface area (Å²) in [5, 5.41) is 0.627. The fourth-order valence-electron chi connectivity index (χ4n) is 2.95. The molecule has 2 heterocycles. The lowest BCUT2D eigenvalue weighted by atomic mass is 10.2. The molecule has 1 fully saturated rings. The number of benzene rings is 2. The highest BCUT2D eigenvalue weighted by molar-refractivity contribution is 6.30. The topological polar surface area (TPSA) is 59.0 Å². The number of hydrogen-bond acceptors (Lipinski definition) is 4. The molecule has 0 N–H and O–H groups in total. The molecular formula is C20H15ClN2O3. The van der Waals surface area contributed by atoms with Crippen LogP contribution in [0.4, 0.5) is 5.69 Å². The van der Waals surface area contributed by atoms with Gasteiger partial charge >= 0.3 is 5.97 Å². The van der Waals surface area contributed by atoms with Crippen molar-refractivity contribution in [2.45, 2.75) is 12.8 Å². The van der Waals surface area contributed by atoms with Crippen LogP contribution in [0.1, 0.15) is 24.0 Å². The van der Waals surface area contributed by atoms with Crippen LogP contribution >= 0.6 is 11.6 Å². The Labute approximate surface area is 155 Å². The number of anilines is 1. The van der Waals surface area contributed by atoms with Crippen LogP contribution in [-0.4, -0.2) is 24.3 Å². The molecule has 2 aromatic rings. The monoisotopic (exact) mass is 366 g/mol. The van der Waals surface area contributed by atoms with Crippen molar-refractivity contribution in [2.75, 3.05) is 11.4 Å². The van der Waals surface area contributed by atoms with Gasteiger partial charge in [0.1, 0.15) is 0 Å². The van der Waals surface area contributed by atoms with Crippen LogP contribution in [0.25, 0.3) is 6.08 Å². The SMILES string of the molecule is O=C1OC(c2ccc(N3CCCC3=O)cc2)=NC1=Cc1ccc(Cl)cc1. The second-order valence-corrected chi connectivity index (χ2v) is 6.52. The predicted octanol–water partition coefficient (Wildman–Crippen LogP) is 3.81. The fourth-order valence-corrected chi connectivity index (χ4v) is 3.08. The number of cyclic esters (lactones) is 1. The summed E-state index contributed by atoms with van der Waals surface area (Å²) in [4.78, 5) is 29.9. The van der Waals surface area contributed by atoms with Crippen molar-refractivity contribution in [1.82, 2.24) is 0 Å². The van der Waals surface area contributed by atoms with Gasteiger partial charge in [0.25, 0.3) is 0 Å². The zero-order valence-electron chi connectivity index (χ0n) is 13.8. The molecule has 0 unspecified atom stereocenters. The number of rotatable bonds is 3. The number of amides is 1. The minimum absolute atomic E-state index is 0.135. The number of nitrogens with zero attached hydrogens (tertiary/aromatic N) is 2. The van der Waals surface area contributed by atoms with Gasteiger partial charge in [0.2, 0.25) is 11.8 Å². The first-order valence-corrected chi connectivity index (χ1v) is 8.67. The highest BCUT2D eigenvalue weighted by Crippen LogP contribution is 2.24. The predicted molar refractivity (Wildman–Crippen MR) is 100 cm³/mol. The molecule has 26 heavy (non-hydrogen) atoms. The summed E-state index contributed by atoms with van der Waals surface area (Å²) in [6.07, 6.45) is 3.12. The summed E-state index contributed by atoms with van der Waals surface area (Å²) < 4.78 is 5.28. The lowest BCUT2D eigenvalue weighted by Crippen LogP contribution is -2.23. The molecule has 0 radical (unpaired) electrons. The molecule has 4 rings (SSSR count). The van der Waals surface area contributed by atoms with E-state index >= 15 is 0 Å². The maximum atomic E-state index is 12.1. The Bertz CT molecular complexity index is 931. The van der Waals surface area contributed by atoms with E-state index < -0.39 is 5.97 Å². The van der Waals surface area contributed by atoms with Gasteiger partial charge in [-0.2, -0.15) is 0 Å². The molecule has 130 valence electrons. The third-order valence-corrected chi connectivity index (χ3v) is 4.55. The van der Waals surface area contributed by atoms with Gasteiger partial charge in [-0.25, -0.2) is 9.79 Å². The van der Waals surface area contributed by atoms with Crippen LogP contribution < -0.4 is 4.90 Å². The molecule has 0 atom stereocenters. The first kappa shape index (κ1) is 16.5. The molecule has 0 aromatic heterocycles. The van der Waals surface area contributed by atoms with Crippen molar-refractivity contribution in [3.8, 4) is 0 Å². The molecule has 0 saturated carbocycles. The minimum Gasteiger partial charge on any atom is -0.402 e. The van der Waals surface area contributed by atoms with Crippen molar-refractivity contribution in [2.24, 2.45) is 4.99 Å². The number of ether oxygens (including phenoxy) is 1. The van der Waals surface area contributed by atoms with E-state index in [0.717, 1.165) is 24.2 Å². The van der Waals surface area contributed by atoms with E-state index in [9.17, 15) is 9.59 Å². The summed E-state index contributed by atoms with van der Waals surface area (Å²) in [5.74, 6) is -0.0983. The highest BCUT2D eigenvalue weighted by Gasteiger charge is 2.25. The summed E-state index contributed by atoms with van der Waals surface area (Å²) in [5.41, 5.74) is 2.58. The Kier molecular flexibility index (Phi) is 4.31. The minimum atomic E-state index is -0.492. The van der Waals surface area contributed by atoms with Crippen molar-refractivity contribution in [3.05, 3.63) is 70.4 Å². The lowest BCUT2D eigenvalue weighted by molar-refractivity contribution is -0.130. The average molecular weight is 367 g/mol. The zero-order valence-corrected chi connectivity index (χ0v) is 14.6. The maximum absolute atomic E-state index is 12.1.